The van der Waals surface area contributed by atoms with E-state index in [0.717, 1.165) is 12.1 Å². The van der Waals surface area contributed by atoms with Gasteiger partial charge < -0.3 is 10.3 Å². The summed E-state index contributed by atoms with van der Waals surface area (Å²) >= 11 is 0. The highest BCUT2D eigenvalue weighted by atomic mass is 16.5. The summed E-state index contributed by atoms with van der Waals surface area (Å²) in [5, 5.41) is 11.9. The molecule has 0 bridgehead atoms. The van der Waals surface area contributed by atoms with Crippen LogP contribution in [0.25, 0.3) is 0 Å². The SMILES string of the molecule is CC(C)(C)c1noc(Cn2cc(CCN)nn2)n1. The lowest BCUT2D eigenvalue weighted by Crippen LogP contribution is -2.13. The van der Waals surface area contributed by atoms with Crippen molar-refractivity contribution in [2.75, 3.05) is 6.54 Å². The molecule has 98 valence electrons. The molecule has 7 nitrogen and oxygen atoms in total. The molecule has 2 heterocycles. The van der Waals surface area contributed by atoms with Crippen LogP contribution in [0, 0.1) is 0 Å². The second kappa shape index (κ2) is 4.85. The van der Waals surface area contributed by atoms with Crippen LogP contribution in [0.3, 0.4) is 0 Å². The highest BCUT2D eigenvalue weighted by Crippen LogP contribution is 2.18. The Bertz CT molecular complexity index is 510. The molecule has 7 heteroatoms. The molecule has 0 spiro atoms. The first kappa shape index (κ1) is 12.7. The first-order chi connectivity index (χ1) is 8.49. The van der Waals surface area contributed by atoms with Crippen LogP contribution in [-0.2, 0) is 18.4 Å². The number of aromatic nitrogens is 5. The zero-order chi connectivity index (χ0) is 13.2. The molecule has 0 radical (unpaired) electrons. The van der Waals surface area contributed by atoms with E-state index < -0.39 is 0 Å². The lowest BCUT2D eigenvalue weighted by Gasteiger charge is -2.10. The molecule has 2 rings (SSSR count). The molecule has 0 aliphatic rings. The molecule has 2 aromatic heterocycles. The van der Waals surface area contributed by atoms with Crippen molar-refractivity contribution < 1.29 is 4.52 Å². The smallest absolute Gasteiger partial charge is 0.248 e. The van der Waals surface area contributed by atoms with Crippen molar-refractivity contribution in [1.82, 2.24) is 25.1 Å². The van der Waals surface area contributed by atoms with Crippen molar-refractivity contribution in [3.8, 4) is 0 Å². The normalized spacial score (nSPS) is 12.0. The van der Waals surface area contributed by atoms with Gasteiger partial charge in [0.05, 0.1) is 5.69 Å². The third-order valence-electron chi connectivity index (χ3n) is 2.42. The van der Waals surface area contributed by atoms with E-state index in [1.165, 1.54) is 0 Å². The van der Waals surface area contributed by atoms with Gasteiger partial charge in [0, 0.05) is 18.0 Å². The zero-order valence-electron chi connectivity index (χ0n) is 10.9. The van der Waals surface area contributed by atoms with Crippen LogP contribution < -0.4 is 5.73 Å². The number of hydrogen-bond donors (Lipinski definition) is 1. The predicted octanol–water partition coefficient (Wildman–Crippen LogP) is 0.508. The minimum Gasteiger partial charge on any atom is -0.337 e. The lowest BCUT2D eigenvalue weighted by molar-refractivity contribution is 0.352. The van der Waals surface area contributed by atoms with Crippen molar-refractivity contribution >= 4 is 0 Å². The first-order valence-electron chi connectivity index (χ1n) is 5.91. The summed E-state index contributed by atoms with van der Waals surface area (Å²) in [4.78, 5) is 4.34. The van der Waals surface area contributed by atoms with Crippen LogP contribution in [0.15, 0.2) is 10.7 Å². The molecule has 2 N–H and O–H groups in total. The molecule has 0 unspecified atom stereocenters. The monoisotopic (exact) mass is 250 g/mol. The van der Waals surface area contributed by atoms with Gasteiger partial charge in [0.1, 0.15) is 6.54 Å². The second-order valence-corrected chi connectivity index (χ2v) is 5.21. The van der Waals surface area contributed by atoms with E-state index in [4.69, 9.17) is 10.3 Å². The second-order valence-electron chi connectivity index (χ2n) is 5.21. The van der Waals surface area contributed by atoms with Gasteiger partial charge in [-0.15, -0.1) is 5.10 Å². The van der Waals surface area contributed by atoms with Crippen LogP contribution in [0.2, 0.25) is 0 Å². The van der Waals surface area contributed by atoms with Crippen LogP contribution >= 0.6 is 0 Å². The van der Waals surface area contributed by atoms with Crippen LogP contribution in [-0.4, -0.2) is 31.7 Å². The van der Waals surface area contributed by atoms with E-state index >= 15 is 0 Å². The molecule has 0 atom stereocenters. The molecule has 0 saturated heterocycles. The number of hydrogen-bond acceptors (Lipinski definition) is 6. The Morgan fingerprint density at radius 3 is 2.78 bits per heavy atom. The average molecular weight is 250 g/mol. The summed E-state index contributed by atoms with van der Waals surface area (Å²) in [7, 11) is 0. The van der Waals surface area contributed by atoms with E-state index in [-0.39, 0.29) is 5.41 Å². The van der Waals surface area contributed by atoms with Crippen molar-refractivity contribution in [3.05, 3.63) is 23.6 Å². The minimum atomic E-state index is -0.116. The van der Waals surface area contributed by atoms with Gasteiger partial charge in [-0.05, 0) is 6.54 Å². The molecule has 0 aromatic carbocycles. The van der Waals surface area contributed by atoms with E-state index in [1.54, 1.807) is 4.68 Å². The summed E-state index contributed by atoms with van der Waals surface area (Å²) in [5.41, 5.74) is 6.21. The maximum Gasteiger partial charge on any atom is 0.248 e. The average Bonchev–Trinajstić information content (AvgIpc) is 2.88. The van der Waals surface area contributed by atoms with Gasteiger partial charge in [0.15, 0.2) is 5.82 Å². The third-order valence-corrected chi connectivity index (χ3v) is 2.42. The zero-order valence-corrected chi connectivity index (χ0v) is 10.9. The van der Waals surface area contributed by atoms with Crippen molar-refractivity contribution in [1.29, 1.82) is 0 Å². The quantitative estimate of drug-likeness (QED) is 0.849. The molecule has 0 fully saturated rings. The van der Waals surface area contributed by atoms with Gasteiger partial charge in [0.25, 0.3) is 0 Å². The van der Waals surface area contributed by atoms with E-state index in [2.05, 4.69) is 20.5 Å². The highest BCUT2D eigenvalue weighted by molar-refractivity contribution is 5.00. The number of nitrogens with zero attached hydrogens (tertiary/aromatic N) is 5. The van der Waals surface area contributed by atoms with Gasteiger partial charge >= 0.3 is 0 Å². The summed E-state index contributed by atoms with van der Waals surface area (Å²) < 4.78 is 6.86. The summed E-state index contributed by atoms with van der Waals surface area (Å²) in [5.74, 6) is 1.23. The molecule has 2 aromatic rings. The predicted molar refractivity (Wildman–Crippen MR) is 64.9 cm³/mol. The van der Waals surface area contributed by atoms with Gasteiger partial charge in [-0.25, -0.2) is 4.68 Å². The Hall–Kier alpha value is -1.76. The van der Waals surface area contributed by atoms with Crippen molar-refractivity contribution in [2.45, 2.75) is 39.2 Å². The van der Waals surface area contributed by atoms with Crippen LogP contribution in [0.1, 0.15) is 38.2 Å². The van der Waals surface area contributed by atoms with Gasteiger partial charge in [-0.1, -0.05) is 31.1 Å². The topological polar surface area (TPSA) is 95.7 Å². The standard InChI is InChI=1S/C11H18N6O/c1-11(2,3)10-13-9(18-15-10)7-17-6-8(4-5-12)14-16-17/h6H,4-5,7,12H2,1-3H3. The maximum atomic E-state index is 5.46. The van der Waals surface area contributed by atoms with Crippen LogP contribution in [0.4, 0.5) is 0 Å². The van der Waals surface area contributed by atoms with E-state index in [9.17, 15) is 0 Å². The maximum absolute atomic E-state index is 5.46. The molecule has 0 aliphatic heterocycles. The first-order valence-corrected chi connectivity index (χ1v) is 5.91. The largest absolute Gasteiger partial charge is 0.337 e. The fourth-order valence-corrected chi connectivity index (χ4v) is 1.44. The molecule has 0 saturated carbocycles. The minimum absolute atomic E-state index is 0.116. The summed E-state index contributed by atoms with van der Waals surface area (Å²) in [6.07, 6.45) is 2.56. The Labute approximate surface area is 105 Å². The van der Waals surface area contributed by atoms with Gasteiger partial charge in [-0.3, -0.25) is 0 Å². The molecular weight excluding hydrogens is 232 g/mol. The highest BCUT2D eigenvalue weighted by Gasteiger charge is 2.21. The third kappa shape index (κ3) is 2.92. The van der Waals surface area contributed by atoms with E-state index in [0.29, 0.717) is 24.8 Å². The molecule has 0 aliphatic carbocycles. The molecular formula is C11H18N6O. The fraction of sp³-hybridized carbons (Fsp3) is 0.636. The number of nitrogens with two attached hydrogens (primary N) is 1. The fourth-order valence-electron chi connectivity index (χ4n) is 1.44. The Morgan fingerprint density at radius 1 is 1.39 bits per heavy atom. The summed E-state index contributed by atoms with van der Waals surface area (Å²) in [6.45, 7) is 7.11. The Balaban J connectivity index is 2.06. The van der Waals surface area contributed by atoms with Gasteiger partial charge in [0.2, 0.25) is 5.89 Å². The Kier molecular flexibility index (Phi) is 3.42. The molecule has 0 amide bonds. The van der Waals surface area contributed by atoms with E-state index in [1.807, 2.05) is 27.0 Å². The Morgan fingerprint density at radius 2 is 2.17 bits per heavy atom. The van der Waals surface area contributed by atoms with Crippen molar-refractivity contribution in [2.24, 2.45) is 5.73 Å². The van der Waals surface area contributed by atoms with Crippen molar-refractivity contribution in [3.63, 3.8) is 0 Å². The lowest BCUT2D eigenvalue weighted by atomic mass is 9.96. The van der Waals surface area contributed by atoms with Crippen LogP contribution in [0.5, 0.6) is 0 Å². The number of rotatable bonds is 4. The summed E-state index contributed by atoms with van der Waals surface area (Å²) in [6, 6.07) is 0. The van der Waals surface area contributed by atoms with Gasteiger partial charge in [-0.2, -0.15) is 4.98 Å². The molecule has 18 heavy (non-hydrogen) atoms.